The molecule has 1 unspecified atom stereocenters. The van der Waals surface area contributed by atoms with Crippen molar-refractivity contribution in [2.75, 3.05) is 26.2 Å². The van der Waals surface area contributed by atoms with Gasteiger partial charge in [0.25, 0.3) is 5.91 Å². The summed E-state index contributed by atoms with van der Waals surface area (Å²) in [4.78, 5) is 14.3. The molecule has 0 bridgehead atoms. The smallest absolute Gasteiger partial charge is 0.254 e. The van der Waals surface area contributed by atoms with Gasteiger partial charge in [0.05, 0.1) is 24.3 Å². The summed E-state index contributed by atoms with van der Waals surface area (Å²) >= 11 is 6.17. The maximum Gasteiger partial charge on any atom is 0.254 e. The van der Waals surface area contributed by atoms with Crippen LogP contribution in [-0.2, 0) is 4.74 Å². The molecule has 1 saturated heterocycles. The molecule has 2 rings (SSSR count). The molecule has 0 saturated carbocycles. The number of morpholine rings is 1. The molecule has 5 heteroatoms. The first-order valence-corrected chi connectivity index (χ1v) is 7.42. The van der Waals surface area contributed by atoms with E-state index in [9.17, 15) is 4.79 Å². The standard InChI is InChI=1S/C16H19ClN2O2/c1-2-14-11-19(8-9-21-14)16(20)13-6-5-12(4-3-7-18)15(17)10-13/h5-6,10,14H,2,7-9,11,18H2,1H3. The monoisotopic (exact) mass is 306 g/mol. The first-order valence-electron chi connectivity index (χ1n) is 7.05. The number of nitrogens with two attached hydrogens (primary N) is 1. The Hall–Kier alpha value is -1.54. The van der Waals surface area contributed by atoms with Crippen LogP contribution in [0, 0.1) is 11.8 Å². The Morgan fingerprint density at radius 2 is 2.38 bits per heavy atom. The average molecular weight is 307 g/mol. The fourth-order valence-electron chi connectivity index (χ4n) is 2.23. The molecule has 1 heterocycles. The molecule has 1 atom stereocenters. The molecule has 1 fully saturated rings. The van der Waals surface area contributed by atoms with Gasteiger partial charge in [-0.3, -0.25) is 4.79 Å². The highest BCUT2D eigenvalue weighted by atomic mass is 35.5. The van der Waals surface area contributed by atoms with Crippen molar-refractivity contribution >= 4 is 17.5 Å². The van der Waals surface area contributed by atoms with E-state index < -0.39 is 0 Å². The minimum Gasteiger partial charge on any atom is -0.375 e. The van der Waals surface area contributed by atoms with Gasteiger partial charge >= 0.3 is 0 Å². The molecule has 21 heavy (non-hydrogen) atoms. The summed E-state index contributed by atoms with van der Waals surface area (Å²) in [6.45, 7) is 4.16. The van der Waals surface area contributed by atoms with Gasteiger partial charge in [0.2, 0.25) is 0 Å². The SMILES string of the molecule is CCC1CN(C(=O)c2ccc(C#CCN)c(Cl)c2)CCO1. The molecule has 2 N–H and O–H groups in total. The van der Waals surface area contributed by atoms with Crippen LogP contribution in [0.4, 0.5) is 0 Å². The summed E-state index contributed by atoms with van der Waals surface area (Å²) in [7, 11) is 0. The van der Waals surface area contributed by atoms with Crippen LogP contribution in [0.25, 0.3) is 0 Å². The highest BCUT2D eigenvalue weighted by molar-refractivity contribution is 6.32. The molecule has 0 aromatic heterocycles. The number of halogens is 1. The topological polar surface area (TPSA) is 55.6 Å². The molecule has 1 aromatic carbocycles. The molecule has 112 valence electrons. The lowest BCUT2D eigenvalue weighted by Gasteiger charge is -2.32. The number of ether oxygens (including phenoxy) is 1. The molecule has 0 spiro atoms. The summed E-state index contributed by atoms with van der Waals surface area (Å²) in [6.07, 6.45) is 1.02. The third-order valence-corrected chi connectivity index (χ3v) is 3.74. The summed E-state index contributed by atoms with van der Waals surface area (Å²) in [6, 6.07) is 5.18. The van der Waals surface area contributed by atoms with Crippen molar-refractivity contribution in [3.63, 3.8) is 0 Å². The van der Waals surface area contributed by atoms with E-state index in [1.807, 2.05) is 4.90 Å². The second-order valence-corrected chi connectivity index (χ2v) is 5.26. The molecule has 1 aliphatic heterocycles. The lowest BCUT2D eigenvalue weighted by Crippen LogP contribution is -2.45. The largest absolute Gasteiger partial charge is 0.375 e. The number of nitrogens with zero attached hydrogens (tertiary/aromatic N) is 1. The Kier molecular flexibility index (Phi) is 5.63. The van der Waals surface area contributed by atoms with Crippen LogP contribution >= 0.6 is 11.6 Å². The summed E-state index contributed by atoms with van der Waals surface area (Å²) in [5.74, 6) is 5.62. The highest BCUT2D eigenvalue weighted by Crippen LogP contribution is 2.19. The van der Waals surface area contributed by atoms with E-state index in [2.05, 4.69) is 18.8 Å². The third kappa shape index (κ3) is 3.98. The Labute approximate surface area is 130 Å². The van der Waals surface area contributed by atoms with Crippen LogP contribution in [0.5, 0.6) is 0 Å². The van der Waals surface area contributed by atoms with Gasteiger partial charge in [0.1, 0.15) is 0 Å². The number of carbonyl (C=O) groups excluding carboxylic acids is 1. The van der Waals surface area contributed by atoms with Gasteiger partial charge in [-0.25, -0.2) is 0 Å². The van der Waals surface area contributed by atoms with Crippen molar-refractivity contribution in [2.45, 2.75) is 19.4 Å². The second-order valence-electron chi connectivity index (χ2n) is 4.85. The van der Waals surface area contributed by atoms with Crippen LogP contribution in [0.2, 0.25) is 5.02 Å². The summed E-state index contributed by atoms with van der Waals surface area (Å²) in [5, 5.41) is 0.474. The molecule has 1 aromatic rings. The van der Waals surface area contributed by atoms with Gasteiger partial charge < -0.3 is 15.4 Å². The number of rotatable bonds is 2. The molecule has 4 nitrogen and oxygen atoms in total. The molecular formula is C16H19ClN2O2. The van der Waals surface area contributed by atoms with E-state index in [0.717, 1.165) is 6.42 Å². The van der Waals surface area contributed by atoms with E-state index in [0.29, 0.717) is 35.8 Å². The first-order chi connectivity index (χ1) is 10.2. The minimum absolute atomic E-state index is 0.0167. The summed E-state index contributed by atoms with van der Waals surface area (Å²) < 4.78 is 5.58. The quantitative estimate of drug-likeness (QED) is 0.849. The van der Waals surface area contributed by atoms with Crippen molar-refractivity contribution in [1.82, 2.24) is 4.90 Å². The van der Waals surface area contributed by atoms with E-state index in [1.54, 1.807) is 18.2 Å². The van der Waals surface area contributed by atoms with Crippen LogP contribution in [-0.4, -0.2) is 43.2 Å². The molecule has 0 radical (unpaired) electrons. The van der Waals surface area contributed by atoms with Crippen LogP contribution in [0.15, 0.2) is 18.2 Å². The number of amides is 1. The molecule has 1 amide bonds. The Bertz CT molecular complexity index is 577. The Morgan fingerprint density at radius 1 is 1.57 bits per heavy atom. The van der Waals surface area contributed by atoms with Crippen LogP contribution < -0.4 is 5.73 Å². The Morgan fingerprint density at radius 3 is 3.05 bits per heavy atom. The molecule has 1 aliphatic rings. The van der Waals surface area contributed by atoms with Gasteiger partial charge in [-0.05, 0) is 24.6 Å². The van der Waals surface area contributed by atoms with E-state index in [-0.39, 0.29) is 18.6 Å². The normalized spacial score (nSPS) is 18.0. The van der Waals surface area contributed by atoms with E-state index in [1.165, 1.54) is 0 Å². The number of benzene rings is 1. The number of hydrogen-bond acceptors (Lipinski definition) is 3. The van der Waals surface area contributed by atoms with E-state index in [4.69, 9.17) is 22.1 Å². The maximum absolute atomic E-state index is 12.5. The minimum atomic E-state index is -0.0167. The lowest BCUT2D eigenvalue weighted by molar-refractivity contribution is -0.0226. The first kappa shape index (κ1) is 15.8. The third-order valence-electron chi connectivity index (χ3n) is 3.42. The maximum atomic E-state index is 12.5. The fourth-order valence-corrected chi connectivity index (χ4v) is 2.46. The van der Waals surface area contributed by atoms with Gasteiger partial charge in [-0.2, -0.15) is 0 Å². The predicted molar refractivity (Wildman–Crippen MR) is 83.3 cm³/mol. The van der Waals surface area contributed by atoms with Crippen LogP contribution in [0.3, 0.4) is 0 Å². The Balaban J connectivity index is 2.14. The van der Waals surface area contributed by atoms with Crippen molar-refractivity contribution in [3.8, 4) is 11.8 Å². The van der Waals surface area contributed by atoms with Crippen molar-refractivity contribution < 1.29 is 9.53 Å². The molecular weight excluding hydrogens is 288 g/mol. The zero-order valence-electron chi connectivity index (χ0n) is 12.1. The van der Waals surface area contributed by atoms with Crippen LogP contribution in [0.1, 0.15) is 29.3 Å². The average Bonchev–Trinajstić information content (AvgIpc) is 2.53. The zero-order chi connectivity index (χ0) is 15.2. The van der Waals surface area contributed by atoms with Crippen molar-refractivity contribution in [3.05, 3.63) is 34.3 Å². The lowest BCUT2D eigenvalue weighted by atomic mass is 10.1. The van der Waals surface area contributed by atoms with Crippen molar-refractivity contribution in [1.29, 1.82) is 0 Å². The van der Waals surface area contributed by atoms with Gasteiger partial charge in [0, 0.05) is 24.2 Å². The highest BCUT2D eigenvalue weighted by Gasteiger charge is 2.24. The number of carbonyl (C=O) groups is 1. The van der Waals surface area contributed by atoms with Gasteiger partial charge in [-0.15, -0.1) is 0 Å². The van der Waals surface area contributed by atoms with Gasteiger partial charge in [0.15, 0.2) is 0 Å². The second kappa shape index (κ2) is 7.46. The molecule has 0 aliphatic carbocycles. The summed E-state index contributed by atoms with van der Waals surface area (Å²) in [5.41, 5.74) is 6.60. The predicted octanol–water partition coefficient (Wildman–Crippen LogP) is 1.90. The van der Waals surface area contributed by atoms with Gasteiger partial charge in [-0.1, -0.05) is 30.4 Å². The zero-order valence-corrected chi connectivity index (χ0v) is 12.8. The van der Waals surface area contributed by atoms with Crippen molar-refractivity contribution in [2.24, 2.45) is 5.73 Å². The fraction of sp³-hybridized carbons (Fsp3) is 0.438. The van der Waals surface area contributed by atoms with E-state index >= 15 is 0 Å². The number of hydrogen-bond donors (Lipinski definition) is 1.